The number of pyridine rings is 1. The quantitative estimate of drug-likeness (QED) is 0.829. The molecule has 2 heterocycles. The molecule has 4 nitrogen and oxygen atoms in total. The molecule has 0 unspecified atom stereocenters. The van der Waals surface area contributed by atoms with E-state index in [0.717, 1.165) is 23.1 Å². The molecule has 0 saturated carbocycles. The lowest BCUT2D eigenvalue weighted by Crippen LogP contribution is -2.12. The van der Waals surface area contributed by atoms with Crippen molar-refractivity contribution in [3.8, 4) is 5.75 Å². The lowest BCUT2D eigenvalue weighted by Gasteiger charge is -2.10. The van der Waals surface area contributed by atoms with Crippen molar-refractivity contribution in [3.05, 3.63) is 36.5 Å². The molecule has 0 aliphatic carbocycles. The van der Waals surface area contributed by atoms with Gasteiger partial charge in [0, 0.05) is 18.0 Å². The number of hydrogen-bond donors (Lipinski definition) is 0. The van der Waals surface area contributed by atoms with Gasteiger partial charge in [0.1, 0.15) is 5.75 Å². The normalized spacial score (nSPS) is 16.2. The highest BCUT2D eigenvalue weighted by molar-refractivity contribution is 5.79. The number of hydrogen-bond acceptors (Lipinski definition) is 4. The topological polar surface area (TPSA) is 40.6 Å². The van der Waals surface area contributed by atoms with E-state index in [1.54, 1.807) is 6.20 Å². The van der Waals surface area contributed by atoms with Crippen molar-refractivity contribution in [2.24, 2.45) is 0 Å². The van der Waals surface area contributed by atoms with Gasteiger partial charge in [0.15, 0.2) is 6.29 Å². The van der Waals surface area contributed by atoms with E-state index < -0.39 is 0 Å². The zero-order chi connectivity index (χ0) is 12.2. The average molecular weight is 245 g/mol. The molecule has 0 atom stereocenters. The molecule has 4 heteroatoms. The number of fused-ring (bicyclic) bond motifs is 1. The molecule has 0 bridgehead atoms. The van der Waals surface area contributed by atoms with Crippen LogP contribution in [0.3, 0.4) is 0 Å². The number of aromatic nitrogens is 1. The van der Waals surface area contributed by atoms with Gasteiger partial charge in [-0.2, -0.15) is 0 Å². The number of benzene rings is 1. The lowest BCUT2D eigenvalue weighted by atomic mass is 10.2. The van der Waals surface area contributed by atoms with Crippen LogP contribution in [-0.4, -0.2) is 31.1 Å². The first-order valence-electron chi connectivity index (χ1n) is 6.12. The van der Waals surface area contributed by atoms with Gasteiger partial charge < -0.3 is 14.2 Å². The summed E-state index contributed by atoms with van der Waals surface area (Å²) < 4.78 is 16.4. The first-order chi connectivity index (χ1) is 8.92. The van der Waals surface area contributed by atoms with Gasteiger partial charge in [-0.1, -0.05) is 6.07 Å². The van der Waals surface area contributed by atoms with Crippen LogP contribution in [0.25, 0.3) is 10.9 Å². The Morgan fingerprint density at radius 2 is 2.11 bits per heavy atom. The Labute approximate surface area is 105 Å². The molecule has 1 aliphatic heterocycles. The second-order valence-corrected chi connectivity index (χ2v) is 4.17. The van der Waals surface area contributed by atoms with Crippen LogP contribution >= 0.6 is 0 Å². The summed E-state index contributed by atoms with van der Waals surface area (Å²) in [5.74, 6) is 0.855. The molecule has 0 spiro atoms. The third-order valence-electron chi connectivity index (χ3n) is 2.89. The molecule has 1 aromatic carbocycles. The monoisotopic (exact) mass is 245 g/mol. The minimum atomic E-state index is -0.105. The molecule has 0 radical (unpaired) electrons. The number of ether oxygens (including phenoxy) is 3. The molecule has 2 aromatic rings. The third kappa shape index (κ3) is 2.60. The van der Waals surface area contributed by atoms with E-state index in [0.29, 0.717) is 19.8 Å². The van der Waals surface area contributed by atoms with E-state index in [-0.39, 0.29) is 6.29 Å². The number of rotatable bonds is 4. The Balaban J connectivity index is 1.60. The summed E-state index contributed by atoms with van der Waals surface area (Å²) in [6, 6.07) is 9.85. The highest BCUT2D eigenvalue weighted by Gasteiger charge is 2.15. The van der Waals surface area contributed by atoms with Gasteiger partial charge in [-0.25, -0.2) is 0 Å². The summed E-state index contributed by atoms with van der Waals surface area (Å²) in [6.07, 6.45) is 2.44. The maximum atomic E-state index is 5.69. The molecule has 94 valence electrons. The Hall–Kier alpha value is -1.65. The van der Waals surface area contributed by atoms with Crippen molar-refractivity contribution < 1.29 is 14.2 Å². The molecular weight excluding hydrogens is 230 g/mol. The Morgan fingerprint density at radius 1 is 1.22 bits per heavy atom. The van der Waals surface area contributed by atoms with E-state index in [2.05, 4.69) is 4.98 Å². The maximum Gasteiger partial charge on any atom is 0.161 e. The van der Waals surface area contributed by atoms with Crippen LogP contribution in [-0.2, 0) is 9.47 Å². The Morgan fingerprint density at radius 3 is 3.00 bits per heavy atom. The highest BCUT2D eigenvalue weighted by atomic mass is 16.7. The zero-order valence-electron chi connectivity index (χ0n) is 10.0. The molecule has 1 saturated heterocycles. The van der Waals surface area contributed by atoms with Crippen molar-refractivity contribution in [2.45, 2.75) is 12.7 Å². The molecule has 1 fully saturated rings. The van der Waals surface area contributed by atoms with Crippen LogP contribution < -0.4 is 4.74 Å². The maximum absolute atomic E-state index is 5.69. The molecule has 1 aromatic heterocycles. The fourth-order valence-corrected chi connectivity index (χ4v) is 1.99. The minimum absolute atomic E-state index is 0.105. The van der Waals surface area contributed by atoms with Crippen molar-refractivity contribution in [1.82, 2.24) is 4.98 Å². The predicted molar refractivity (Wildman–Crippen MR) is 67.5 cm³/mol. The summed E-state index contributed by atoms with van der Waals surface area (Å²) in [7, 11) is 0. The third-order valence-corrected chi connectivity index (χ3v) is 2.89. The summed E-state index contributed by atoms with van der Waals surface area (Å²) in [5.41, 5.74) is 0.979. The second-order valence-electron chi connectivity index (χ2n) is 4.17. The molecule has 18 heavy (non-hydrogen) atoms. The van der Waals surface area contributed by atoms with E-state index in [9.17, 15) is 0 Å². The van der Waals surface area contributed by atoms with Gasteiger partial charge in [-0.3, -0.25) is 4.98 Å². The van der Waals surface area contributed by atoms with Gasteiger partial charge in [0.05, 0.1) is 25.3 Å². The van der Waals surface area contributed by atoms with Gasteiger partial charge in [-0.15, -0.1) is 0 Å². The van der Waals surface area contributed by atoms with Crippen molar-refractivity contribution in [2.75, 3.05) is 19.8 Å². The van der Waals surface area contributed by atoms with Crippen molar-refractivity contribution in [1.29, 1.82) is 0 Å². The van der Waals surface area contributed by atoms with Crippen LogP contribution in [0.5, 0.6) is 5.75 Å². The number of nitrogens with zero attached hydrogens (tertiary/aromatic N) is 1. The molecular formula is C14H15NO3. The Bertz CT molecular complexity index is 523. The van der Waals surface area contributed by atoms with Crippen LogP contribution in [0, 0.1) is 0 Å². The van der Waals surface area contributed by atoms with Crippen molar-refractivity contribution >= 4 is 10.9 Å². The predicted octanol–water partition coefficient (Wildman–Crippen LogP) is 2.38. The van der Waals surface area contributed by atoms with E-state index in [4.69, 9.17) is 14.2 Å². The zero-order valence-corrected chi connectivity index (χ0v) is 10.0. The molecule has 0 N–H and O–H groups in total. The summed E-state index contributed by atoms with van der Waals surface area (Å²) in [5, 5.41) is 1.09. The highest BCUT2D eigenvalue weighted by Crippen LogP contribution is 2.19. The fourth-order valence-electron chi connectivity index (χ4n) is 1.99. The van der Waals surface area contributed by atoms with Crippen LogP contribution in [0.4, 0.5) is 0 Å². The van der Waals surface area contributed by atoms with E-state index in [1.165, 1.54) is 0 Å². The van der Waals surface area contributed by atoms with Gasteiger partial charge >= 0.3 is 0 Å². The fraction of sp³-hybridized carbons (Fsp3) is 0.357. The first-order valence-corrected chi connectivity index (χ1v) is 6.12. The standard InChI is InChI=1S/C14H15NO3/c1-2-11-10-12(3-4-13(11)15-6-1)16-7-5-14-17-8-9-18-14/h1-4,6,10,14H,5,7-9H2. The van der Waals surface area contributed by atoms with E-state index in [1.807, 2.05) is 30.3 Å². The van der Waals surface area contributed by atoms with Gasteiger partial charge in [-0.05, 0) is 24.3 Å². The Kier molecular flexibility index (Phi) is 3.39. The second kappa shape index (κ2) is 5.33. The van der Waals surface area contributed by atoms with Crippen LogP contribution in [0.2, 0.25) is 0 Å². The first kappa shape index (κ1) is 11.4. The minimum Gasteiger partial charge on any atom is -0.493 e. The lowest BCUT2D eigenvalue weighted by molar-refractivity contribution is -0.0531. The molecule has 1 aliphatic rings. The smallest absolute Gasteiger partial charge is 0.161 e. The van der Waals surface area contributed by atoms with Crippen LogP contribution in [0.1, 0.15) is 6.42 Å². The SMILES string of the molecule is c1cnc2ccc(OCCC3OCCO3)cc2c1. The summed E-state index contributed by atoms with van der Waals surface area (Å²) in [6.45, 7) is 1.97. The van der Waals surface area contributed by atoms with Crippen LogP contribution in [0.15, 0.2) is 36.5 Å². The summed E-state index contributed by atoms with van der Waals surface area (Å²) in [4.78, 5) is 4.27. The largest absolute Gasteiger partial charge is 0.493 e. The van der Waals surface area contributed by atoms with Gasteiger partial charge in [0.2, 0.25) is 0 Å². The summed E-state index contributed by atoms with van der Waals surface area (Å²) >= 11 is 0. The van der Waals surface area contributed by atoms with Crippen molar-refractivity contribution in [3.63, 3.8) is 0 Å². The molecule has 3 rings (SSSR count). The van der Waals surface area contributed by atoms with Gasteiger partial charge in [0.25, 0.3) is 0 Å². The molecule has 0 amide bonds. The van der Waals surface area contributed by atoms with E-state index >= 15 is 0 Å². The average Bonchev–Trinajstić information content (AvgIpc) is 2.92.